The zero-order valence-corrected chi connectivity index (χ0v) is 15.7. The molecule has 1 amide bonds. The molecule has 136 valence electrons. The van der Waals surface area contributed by atoms with Crippen molar-refractivity contribution in [2.75, 3.05) is 19.4 Å². The van der Waals surface area contributed by atoms with Crippen molar-refractivity contribution < 1.29 is 17.6 Å². The van der Waals surface area contributed by atoms with Crippen molar-refractivity contribution in [2.45, 2.75) is 11.3 Å². The molecule has 2 heterocycles. The van der Waals surface area contributed by atoms with E-state index in [-0.39, 0.29) is 16.5 Å². The predicted molar refractivity (Wildman–Crippen MR) is 96.7 cm³/mol. The number of nitrogens with one attached hydrogen (secondary N) is 1. The lowest BCUT2D eigenvalue weighted by atomic mass is 10.2. The van der Waals surface area contributed by atoms with Crippen molar-refractivity contribution in [3.8, 4) is 0 Å². The van der Waals surface area contributed by atoms with Gasteiger partial charge in [-0.15, -0.1) is 16.4 Å². The molecule has 0 aliphatic carbocycles. The van der Waals surface area contributed by atoms with Gasteiger partial charge in [0, 0.05) is 24.5 Å². The lowest BCUT2D eigenvalue weighted by Crippen LogP contribution is -2.22. The molecule has 8 nitrogen and oxygen atoms in total. The van der Waals surface area contributed by atoms with Crippen LogP contribution >= 0.6 is 11.3 Å². The summed E-state index contributed by atoms with van der Waals surface area (Å²) in [6.45, 7) is 0. The summed E-state index contributed by atoms with van der Waals surface area (Å²) in [4.78, 5) is 13.4. The second-order valence-corrected chi connectivity index (χ2v) is 8.71. The first-order valence-electron chi connectivity index (χ1n) is 7.55. The Morgan fingerprint density at radius 1 is 1.19 bits per heavy atom. The van der Waals surface area contributed by atoms with Crippen LogP contribution in [-0.4, -0.2) is 42.9 Å². The van der Waals surface area contributed by atoms with Crippen molar-refractivity contribution in [2.24, 2.45) is 0 Å². The molecule has 10 heteroatoms. The maximum Gasteiger partial charge on any atom is 0.322 e. The fourth-order valence-corrected chi connectivity index (χ4v) is 3.69. The Bertz CT molecular complexity index is 993. The van der Waals surface area contributed by atoms with Crippen LogP contribution in [0, 0.1) is 0 Å². The molecule has 0 fully saturated rings. The van der Waals surface area contributed by atoms with Crippen LogP contribution in [0.1, 0.15) is 21.1 Å². The van der Waals surface area contributed by atoms with Crippen LogP contribution in [0.5, 0.6) is 0 Å². The van der Waals surface area contributed by atoms with Gasteiger partial charge in [-0.3, -0.25) is 10.1 Å². The van der Waals surface area contributed by atoms with E-state index in [2.05, 4.69) is 15.5 Å². The molecule has 0 unspecified atom stereocenters. The molecular weight excluding hydrogens is 376 g/mol. The first-order valence-corrected chi connectivity index (χ1v) is 9.87. The lowest BCUT2D eigenvalue weighted by Gasteiger charge is -2.11. The number of carbonyl (C=O) groups is 1. The minimum atomic E-state index is -3.54. The maximum absolute atomic E-state index is 12.2. The van der Waals surface area contributed by atoms with E-state index in [1.165, 1.54) is 38.4 Å². The smallest absolute Gasteiger partial charge is 0.322 e. The van der Waals surface area contributed by atoms with Crippen LogP contribution in [0.3, 0.4) is 0 Å². The van der Waals surface area contributed by atoms with Crippen LogP contribution < -0.4 is 5.32 Å². The van der Waals surface area contributed by atoms with Gasteiger partial charge >= 0.3 is 6.01 Å². The van der Waals surface area contributed by atoms with Gasteiger partial charge in [-0.2, -0.15) is 0 Å². The molecule has 1 aromatic carbocycles. The summed E-state index contributed by atoms with van der Waals surface area (Å²) in [5.41, 5.74) is 0.278. The van der Waals surface area contributed by atoms with Gasteiger partial charge < -0.3 is 4.42 Å². The number of aromatic nitrogens is 2. The zero-order valence-electron chi connectivity index (χ0n) is 14.0. The van der Waals surface area contributed by atoms with Crippen LogP contribution in [0.2, 0.25) is 0 Å². The first kappa shape index (κ1) is 18.2. The fourth-order valence-electron chi connectivity index (χ4n) is 2.10. The normalized spacial score (nSPS) is 11.7. The molecule has 2 aromatic heterocycles. The molecule has 0 aliphatic rings. The number of nitrogens with zero attached hydrogens (tertiary/aromatic N) is 3. The Morgan fingerprint density at radius 3 is 2.54 bits per heavy atom. The number of hydrogen-bond donors (Lipinski definition) is 1. The van der Waals surface area contributed by atoms with E-state index in [1.54, 1.807) is 11.3 Å². The highest BCUT2D eigenvalue weighted by molar-refractivity contribution is 7.89. The third-order valence-electron chi connectivity index (χ3n) is 3.49. The number of hydrogen-bond acceptors (Lipinski definition) is 7. The van der Waals surface area contributed by atoms with E-state index in [9.17, 15) is 13.2 Å². The van der Waals surface area contributed by atoms with Gasteiger partial charge in [-0.1, -0.05) is 11.2 Å². The van der Waals surface area contributed by atoms with E-state index in [0.717, 1.165) is 9.18 Å². The van der Waals surface area contributed by atoms with Crippen LogP contribution in [-0.2, 0) is 16.4 Å². The summed E-state index contributed by atoms with van der Waals surface area (Å²) in [5.74, 6) is -0.0692. The number of thiophene rings is 1. The largest absolute Gasteiger partial charge is 0.407 e. The molecule has 0 spiro atoms. The SMILES string of the molecule is CN(C)S(=O)(=O)c1ccc(C(=O)Nc2nnc(Cc3cccs3)o2)cc1. The minimum Gasteiger partial charge on any atom is -0.407 e. The predicted octanol–water partition coefficient (Wildman–Crippen LogP) is 2.22. The van der Waals surface area contributed by atoms with Crippen molar-refractivity contribution in [3.05, 3.63) is 58.1 Å². The molecular formula is C16H16N4O4S2. The van der Waals surface area contributed by atoms with Crippen molar-refractivity contribution in [3.63, 3.8) is 0 Å². The van der Waals surface area contributed by atoms with Gasteiger partial charge in [0.05, 0.1) is 11.3 Å². The topological polar surface area (TPSA) is 105 Å². The average Bonchev–Trinajstić information content (AvgIpc) is 3.27. The number of carbonyl (C=O) groups excluding carboxylic acids is 1. The standard InChI is InChI=1S/C16H16N4O4S2/c1-20(2)26(22,23)13-7-5-11(6-8-13)15(21)17-16-19-18-14(24-16)10-12-4-3-9-25-12/h3-9H,10H2,1-2H3,(H,17,19,21). The summed E-state index contributed by atoms with van der Waals surface area (Å²) in [7, 11) is -0.651. The molecule has 3 rings (SSSR count). The zero-order chi connectivity index (χ0) is 18.7. The van der Waals surface area contributed by atoms with Gasteiger partial charge in [0.25, 0.3) is 5.91 Å². The third kappa shape index (κ3) is 3.98. The Kier molecular flexibility index (Phi) is 5.16. The van der Waals surface area contributed by atoms with E-state index < -0.39 is 15.9 Å². The Labute approximate surface area is 154 Å². The summed E-state index contributed by atoms with van der Waals surface area (Å²) in [6.07, 6.45) is 0.498. The third-order valence-corrected chi connectivity index (χ3v) is 6.19. The highest BCUT2D eigenvalue weighted by Gasteiger charge is 2.18. The van der Waals surface area contributed by atoms with Crippen LogP contribution in [0.25, 0.3) is 0 Å². The molecule has 26 heavy (non-hydrogen) atoms. The summed E-state index contributed by atoms with van der Waals surface area (Å²) in [6, 6.07) is 9.48. The van der Waals surface area contributed by atoms with Crippen LogP contribution in [0.4, 0.5) is 6.01 Å². The number of benzene rings is 1. The summed E-state index contributed by atoms with van der Waals surface area (Å²) in [5, 5.41) is 12.1. The molecule has 0 aliphatic heterocycles. The molecule has 0 radical (unpaired) electrons. The number of amides is 1. The maximum atomic E-state index is 12.2. The molecule has 0 saturated heterocycles. The van der Waals surface area contributed by atoms with Crippen molar-refractivity contribution in [1.82, 2.24) is 14.5 Å². The van der Waals surface area contributed by atoms with E-state index in [0.29, 0.717) is 12.3 Å². The Morgan fingerprint density at radius 2 is 1.92 bits per heavy atom. The summed E-state index contributed by atoms with van der Waals surface area (Å²) >= 11 is 1.58. The fraction of sp³-hybridized carbons (Fsp3) is 0.188. The van der Waals surface area contributed by atoms with Crippen molar-refractivity contribution in [1.29, 1.82) is 0 Å². The Hall–Kier alpha value is -2.56. The molecule has 0 bridgehead atoms. The number of sulfonamides is 1. The monoisotopic (exact) mass is 392 g/mol. The second-order valence-electron chi connectivity index (χ2n) is 5.52. The van der Waals surface area contributed by atoms with E-state index in [1.807, 2.05) is 17.5 Å². The lowest BCUT2D eigenvalue weighted by molar-refractivity contribution is 0.102. The molecule has 1 N–H and O–H groups in total. The first-order chi connectivity index (χ1) is 12.4. The van der Waals surface area contributed by atoms with Gasteiger partial charge in [-0.05, 0) is 35.7 Å². The van der Waals surface area contributed by atoms with E-state index >= 15 is 0 Å². The quantitative estimate of drug-likeness (QED) is 0.690. The van der Waals surface area contributed by atoms with Gasteiger partial charge in [0.2, 0.25) is 15.9 Å². The highest BCUT2D eigenvalue weighted by atomic mass is 32.2. The van der Waals surface area contributed by atoms with Gasteiger partial charge in [-0.25, -0.2) is 12.7 Å². The second kappa shape index (κ2) is 7.36. The van der Waals surface area contributed by atoms with Crippen LogP contribution in [0.15, 0.2) is 51.1 Å². The van der Waals surface area contributed by atoms with Gasteiger partial charge in [0.1, 0.15) is 0 Å². The van der Waals surface area contributed by atoms with E-state index in [4.69, 9.17) is 4.42 Å². The highest BCUT2D eigenvalue weighted by Crippen LogP contribution is 2.17. The molecule has 0 atom stereocenters. The molecule has 3 aromatic rings. The molecule has 0 saturated carbocycles. The Balaban J connectivity index is 1.68. The van der Waals surface area contributed by atoms with Crippen molar-refractivity contribution >= 4 is 33.3 Å². The minimum absolute atomic E-state index is 0.00783. The average molecular weight is 392 g/mol. The summed E-state index contributed by atoms with van der Waals surface area (Å²) < 4.78 is 30.6. The number of rotatable bonds is 6. The number of anilines is 1. The van der Waals surface area contributed by atoms with Gasteiger partial charge in [0.15, 0.2) is 0 Å².